The molecule has 2 N–H and O–H groups in total. The smallest absolute Gasteiger partial charge is 0.341 e. The first-order chi connectivity index (χ1) is 9.97. The molecule has 0 aromatic rings. The van der Waals surface area contributed by atoms with Gasteiger partial charge in [0, 0.05) is 18.9 Å². The number of carbonyl (C=O) groups excluding carboxylic acids is 1. The summed E-state index contributed by atoms with van der Waals surface area (Å²) in [7, 11) is -0.0843. The summed E-state index contributed by atoms with van der Waals surface area (Å²) in [5, 5.41) is 0. The first kappa shape index (κ1) is 20.9. The molecule has 0 heterocycles. The van der Waals surface area contributed by atoms with Crippen molar-refractivity contribution < 1.29 is 23.3 Å². The summed E-state index contributed by atoms with van der Waals surface area (Å²) in [4.78, 5) is 30.8. The van der Waals surface area contributed by atoms with Crippen LogP contribution in [0.3, 0.4) is 0 Å². The molecule has 5 nitrogen and oxygen atoms in total. The van der Waals surface area contributed by atoms with Crippen LogP contribution >= 0.6 is 6.72 Å². The van der Waals surface area contributed by atoms with Gasteiger partial charge in [-0.3, -0.25) is 0 Å². The van der Waals surface area contributed by atoms with Crippen LogP contribution in [0.15, 0.2) is 12.7 Å². The molecule has 0 aromatic carbocycles. The number of unbranched alkanes of at least 4 members (excludes halogenated alkanes) is 7. The van der Waals surface area contributed by atoms with E-state index in [1.165, 1.54) is 39.2 Å². The van der Waals surface area contributed by atoms with Gasteiger partial charge in [0.05, 0.1) is 10.4 Å². The van der Waals surface area contributed by atoms with Gasteiger partial charge in [0.2, 0.25) is 0 Å². The highest BCUT2D eigenvalue weighted by Crippen LogP contribution is 2.43. The molecule has 0 spiro atoms. The normalized spacial score (nSPS) is 13.0. The Kier molecular flexibility index (Phi) is 12.3. The molecule has 1 atom stereocenters. The van der Waals surface area contributed by atoms with E-state index in [-0.39, 0.29) is 0 Å². The molecule has 0 aliphatic heterocycles. The molecule has 7 heteroatoms. The maximum atomic E-state index is 11.2. The first-order valence-electron chi connectivity index (χ1n) is 7.44. The van der Waals surface area contributed by atoms with Crippen LogP contribution in [0.2, 0.25) is 0 Å². The van der Waals surface area contributed by atoms with Gasteiger partial charge < -0.3 is 18.5 Å². The van der Waals surface area contributed by atoms with Crippen molar-refractivity contribution in [2.24, 2.45) is 0 Å². The molecule has 0 saturated carbocycles. The van der Waals surface area contributed by atoms with Gasteiger partial charge in [0.1, 0.15) is 0 Å². The molecule has 0 aliphatic rings. The number of hydrogen-bond donors (Lipinski definition) is 2. The van der Waals surface area contributed by atoms with Crippen molar-refractivity contribution in [3.05, 3.63) is 12.7 Å². The average Bonchev–Trinajstić information content (AvgIpc) is 2.48. The fraction of sp³-hybridized carbons (Fsp3) is 0.786. The van der Waals surface area contributed by atoms with Crippen LogP contribution in [0.4, 0.5) is 0 Å². The third kappa shape index (κ3) is 10.3. The van der Waals surface area contributed by atoms with E-state index >= 15 is 0 Å². The maximum Gasteiger partial charge on any atom is 0.341 e. The molecule has 0 fully saturated rings. The number of rotatable bonds is 12. The lowest BCUT2D eigenvalue weighted by atomic mass is 10.1. The number of carbonyl (C=O) groups is 1. The summed E-state index contributed by atoms with van der Waals surface area (Å²) >= 11 is 0. The van der Waals surface area contributed by atoms with E-state index in [0.717, 1.165) is 25.3 Å². The first-order valence-corrected chi connectivity index (χ1v) is 11.0. The zero-order chi connectivity index (χ0) is 16.1. The molecule has 1 unspecified atom stereocenters. The summed E-state index contributed by atoms with van der Waals surface area (Å²) in [6.07, 6.45) is 10.2. The molecule has 21 heavy (non-hydrogen) atoms. The summed E-state index contributed by atoms with van der Waals surface area (Å²) in [6.45, 7) is 1.87. The summed E-state index contributed by atoms with van der Waals surface area (Å²) in [5.74, 6) is -0.231. The Morgan fingerprint density at radius 3 is 2.14 bits per heavy atom. The van der Waals surface area contributed by atoms with Gasteiger partial charge in [0.25, 0.3) is 0 Å². The SMILES string of the molecule is C=CC(=O)OS(CCCCCCCCCC)=P(O)(O)OC. The summed E-state index contributed by atoms with van der Waals surface area (Å²) in [5.41, 5.74) is 0. The van der Waals surface area contributed by atoms with Crippen LogP contribution in [-0.2, 0) is 23.9 Å². The third-order valence-corrected chi connectivity index (χ3v) is 7.83. The van der Waals surface area contributed by atoms with Crippen molar-refractivity contribution in [2.45, 2.75) is 58.3 Å². The molecule has 0 aliphatic carbocycles. The lowest BCUT2D eigenvalue weighted by Crippen LogP contribution is -2.10. The van der Waals surface area contributed by atoms with E-state index < -0.39 is 23.0 Å². The van der Waals surface area contributed by atoms with Gasteiger partial charge in [-0.05, 0) is 6.42 Å². The van der Waals surface area contributed by atoms with Gasteiger partial charge in [-0.2, -0.15) is 0 Å². The van der Waals surface area contributed by atoms with Crippen molar-refractivity contribution in [2.75, 3.05) is 12.9 Å². The van der Waals surface area contributed by atoms with E-state index in [0.29, 0.717) is 5.75 Å². The van der Waals surface area contributed by atoms with Gasteiger partial charge in [0.15, 0.2) is 0 Å². The Bertz CT molecular complexity index is 364. The minimum Gasteiger partial charge on any atom is -0.391 e. The summed E-state index contributed by atoms with van der Waals surface area (Å²) in [6, 6.07) is 0. The average molecular weight is 340 g/mol. The predicted molar refractivity (Wildman–Crippen MR) is 89.5 cm³/mol. The van der Waals surface area contributed by atoms with Gasteiger partial charge in [-0.1, -0.05) is 58.4 Å². The van der Waals surface area contributed by atoms with E-state index in [1.807, 2.05) is 0 Å². The molecule has 0 amide bonds. The van der Waals surface area contributed by atoms with Crippen molar-refractivity contribution >= 4 is 23.0 Å². The van der Waals surface area contributed by atoms with Gasteiger partial charge in [-0.25, -0.2) is 4.79 Å². The van der Waals surface area contributed by atoms with Crippen LogP contribution < -0.4 is 0 Å². The van der Waals surface area contributed by atoms with Crippen LogP contribution in [0.1, 0.15) is 58.3 Å². The lowest BCUT2D eigenvalue weighted by Gasteiger charge is -2.17. The second-order valence-corrected chi connectivity index (χ2v) is 9.99. The van der Waals surface area contributed by atoms with Crippen molar-refractivity contribution in [1.29, 1.82) is 0 Å². The zero-order valence-electron chi connectivity index (χ0n) is 13.1. The minimum atomic E-state index is -3.63. The Morgan fingerprint density at radius 2 is 1.67 bits per heavy atom. The zero-order valence-corrected chi connectivity index (χ0v) is 14.8. The topological polar surface area (TPSA) is 76.0 Å². The molecule has 0 saturated heterocycles. The monoisotopic (exact) mass is 340 g/mol. The quantitative estimate of drug-likeness (QED) is 0.322. The number of hydrogen-bond acceptors (Lipinski definition) is 3. The predicted octanol–water partition coefficient (Wildman–Crippen LogP) is 3.70. The summed E-state index contributed by atoms with van der Waals surface area (Å²) < 4.78 is 9.70. The van der Waals surface area contributed by atoms with Crippen molar-refractivity contribution in [3.63, 3.8) is 0 Å². The standard InChI is InChI=1S/C14H29O5PS/c1-4-6-7-8-9-10-11-12-13-21(19-14(15)5-2)20(16,17)18-3/h5,16-17H,2,4,6-13H2,1,3H3. The molecule has 0 rings (SSSR count). The molecule has 0 radical (unpaired) electrons. The highest BCUT2D eigenvalue weighted by Gasteiger charge is 2.19. The fourth-order valence-corrected chi connectivity index (χ4v) is 5.19. The highest BCUT2D eigenvalue weighted by molar-refractivity contribution is 8.25. The van der Waals surface area contributed by atoms with Crippen LogP contribution in [0.5, 0.6) is 0 Å². The van der Waals surface area contributed by atoms with E-state index in [1.54, 1.807) is 0 Å². The lowest BCUT2D eigenvalue weighted by molar-refractivity contribution is -0.127. The Hall–Kier alpha value is -0.130. The fourth-order valence-electron chi connectivity index (χ4n) is 1.78. The third-order valence-electron chi connectivity index (χ3n) is 3.02. The van der Waals surface area contributed by atoms with Crippen molar-refractivity contribution in [1.82, 2.24) is 0 Å². The van der Waals surface area contributed by atoms with Crippen LogP contribution in [0.25, 0.3) is 0 Å². The van der Waals surface area contributed by atoms with E-state index in [2.05, 4.69) is 13.5 Å². The minimum absolute atomic E-state index is 0.420. The van der Waals surface area contributed by atoms with Crippen LogP contribution in [0, 0.1) is 0 Å². The largest absolute Gasteiger partial charge is 0.391 e. The van der Waals surface area contributed by atoms with Crippen LogP contribution in [-0.4, -0.2) is 28.6 Å². The molecule has 0 aromatic heterocycles. The van der Waals surface area contributed by atoms with E-state index in [9.17, 15) is 14.6 Å². The molecular weight excluding hydrogens is 311 g/mol. The second-order valence-electron chi connectivity index (χ2n) is 4.78. The Balaban J connectivity index is 4.13. The van der Waals surface area contributed by atoms with Crippen molar-refractivity contribution in [3.8, 4) is 0 Å². The maximum absolute atomic E-state index is 11.2. The molecule has 126 valence electrons. The Labute approximate surface area is 130 Å². The second kappa shape index (κ2) is 12.4. The van der Waals surface area contributed by atoms with E-state index in [4.69, 9.17) is 8.71 Å². The Morgan fingerprint density at radius 1 is 1.14 bits per heavy atom. The molecule has 0 bridgehead atoms. The van der Waals surface area contributed by atoms with Gasteiger partial charge in [-0.15, -0.1) is 0 Å². The highest BCUT2D eigenvalue weighted by atomic mass is 32.5. The van der Waals surface area contributed by atoms with Gasteiger partial charge >= 0.3 is 12.7 Å². The molecular formula is C14H29O5PS.